The number of carbonyl (C=O) groups is 1. The molecule has 1 N–H and O–H groups in total. The second kappa shape index (κ2) is 9.92. The average Bonchev–Trinajstić information content (AvgIpc) is 3.25. The van der Waals surface area contributed by atoms with E-state index < -0.39 is 5.97 Å². The smallest absolute Gasteiger partial charge is 0.341 e. The molecule has 0 fully saturated rings. The molecule has 0 saturated carbocycles. The van der Waals surface area contributed by atoms with Crippen molar-refractivity contribution in [2.45, 2.75) is 26.8 Å². The normalized spacial score (nSPS) is 10.9. The predicted molar refractivity (Wildman–Crippen MR) is 130 cm³/mol. The van der Waals surface area contributed by atoms with Crippen LogP contribution in [-0.2, 0) is 17.7 Å². The molecule has 4 aromatic rings. The number of methoxy groups -OCH3 is 1. The SMILES string of the molecule is CCOC(=O)c1ccc(-n2cnc3cc(CC)c(OC)cc32)nc1NCc1ccc(Cl)cc1. The average molecular weight is 465 g/mol. The summed E-state index contributed by atoms with van der Waals surface area (Å²) in [7, 11) is 1.66. The molecule has 33 heavy (non-hydrogen) atoms. The van der Waals surface area contributed by atoms with Crippen LogP contribution in [0.3, 0.4) is 0 Å². The maximum absolute atomic E-state index is 12.5. The van der Waals surface area contributed by atoms with Crippen LogP contribution in [-0.4, -0.2) is 34.2 Å². The quantitative estimate of drug-likeness (QED) is 0.350. The number of aryl methyl sites for hydroxylation is 1. The van der Waals surface area contributed by atoms with E-state index in [1.807, 2.05) is 41.0 Å². The second-order valence-corrected chi connectivity index (χ2v) is 7.82. The molecule has 0 aliphatic heterocycles. The standard InChI is InChI=1S/C25H25ClN4O3/c1-4-17-12-20-21(13-22(17)32-3)30(15-28-20)23-11-10-19(25(31)33-5-2)24(29-23)27-14-16-6-8-18(26)9-7-16/h6-13,15H,4-5,14H2,1-3H3,(H,27,29). The highest BCUT2D eigenvalue weighted by molar-refractivity contribution is 6.30. The van der Waals surface area contributed by atoms with Crippen molar-refractivity contribution >= 4 is 34.4 Å². The van der Waals surface area contributed by atoms with Gasteiger partial charge in [-0.3, -0.25) is 4.57 Å². The minimum absolute atomic E-state index is 0.281. The molecule has 0 unspecified atom stereocenters. The summed E-state index contributed by atoms with van der Waals surface area (Å²) in [6, 6.07) is 15.0. The van der Waals surface area contributed by atoms with Crippen LogP contribution in [0.15, 0.2) is 54.9 Å². The third-order valence-electron chi connectivity index (χ3n) is 5.33. The Labute approximate surface area is 197 Å². The van der Waals surface area contributed by atoms with Crippen molar-refractivity contribution in [1.82, 2.24) is 14.5 Å². The molecule has 2 aromatic heterocycles. The first-order valence-electron chi connectivity index (χ1n) is 10.7. The number of nitrogens with one attached hydrogen (secondary N) is 1. The first-order valence-corrected chi connectivity index (χ1v) is 11.1. The third kappa shape index (κ3) is 4.78. The zero-order chi connectivity index (χ0) is 23.4. The topological polar surface area (TPSA) is 78.3 Å². The van der Waals surface area contributed by atoms with Crippen molar-refractivity contribution in [2.75, 3.05) is 19.0 Å². The molecule has 170 valence electrons. The number of aromatic nitrogens is 3. The predicted octanol–water partition coefficient (Wildman–Crippen LogP) is 5.43. The molecule has 0 bridgehead atoms. The van der Waals surface area contributed by atoms with Crippen LogP contribution in [0.25, 0.3) is 16.9 Å². The maximum atomic E-state index is 12.5. The number of pyridine rings is 1. The molecule has 2 aromatic carbocycles. The lowest BCUT2D eigenvalue weighted by Gasteiger charge is -2.14. The summed E-state index contributed by atoms with van der Waals surface area (Å²) in [5.74, 6) is 1.42. The van der Waals surface area contributed by atoms with E-state index in [1.54, 1.807) is 32.5 Å². The van der Waals surface area contributed by atoms with Crippen molar-refractivity contribution in [3.05, 3.63) is 76.6 Å². The van der Waals surface area contributed by atoms with Crippen LogP contribution in [0.1, 0.15) is 35.3 Å². The minimum Gasteiger partial charge on any atom is -0.496 e. The highest BCUT2D eigenvalue weighted by atomic mass is 35.5. The minimum atomic E-state index is -0.431. The van der Waals surface area contributed by atoms with Crippen LogP contribution in [0.4, 0.5) is 5.82 Å². The number of nitrogens with zero attached hydrogens (tertiary/aromatic N) is 3. The van der Waals surface area contributed by atoms with Crippen LogP contribution >= 0.6 is 11.6 Å². The number of imidazole rings is 1. The Morgan fingerprint density at radius 3 is 2.61 bits per heavy atom. The van der Waals surface area contributed by atoms with E-state index in [2.05, 4.69) is 17.2 Å². The van der Waals surface area contributed by atoms with Gasteiger partial charge in [0, 0.05) is 17.6 Å². The number of hydrogen-bond acceptors (Lipinski definition) is 6. The first kappa shape index (κ1) is 22.6. The number of rotatable bonds is 8. The Hall–Kier alpha value is -3.58. The van der Waals surface area contributed by atoms with Gasteiger partial charge in [-0.2, -0.15) is 0 Å². The number of benzene rings is 2. The largest absolute Gasteiger partial charge is 0.496 e. The van der Waals surface area contributed by atoms with Gasteiger partial charge in [0.15, 0.2) is 0 Å². The summed E-state index contributed by atoms with van der Waals surface area (Å²) < 4.78 is 12.7. The number of ether oxygens (including phenoxy) is 2. The van der Waals surface area contributed by atoms with Gasteiger partial charge in [0.25, 0.3) is 0 Å². The van der Waals surface area contributed by atoms with Crippen LogP contribution in [0.2, 0.25) is 5.02 Å². The van der Waals surface area contributed by atoms with E-state index in [0.29, 0.717) is 28.8 Å². The van der Waals surface area contributed by atoms with Gasteiger partial charge in [-0.1, -0.05) is 30.7 Å². The molecule has 0 radical (unpaired) electrons. The molecule has 0 aliphatic carbocycles. The monoisotopic (exact) mass is 464 g/mol. The molecule has 4 rings (SSSR count). The molecule has 0 spiro atoms. The van der Waals surface area contributed by atoms with Gasteiger partial charge in [0.05, 0.1) is 24.8 Å². The summed E-state index contributed by atoms with van der Waals surface area (Å²) in [6.45, 7) is 4.60. The van der Waals surface area contributed by atoms with Gasteiger partial charge in [-0.15, -0.1) is 0 Å². The molecule has 0 aliphatic rings. The second-order valence-electron chi connectivity index (χ2n) is 7.39. The zero-order valence-corrected chi connectivity index (χ0v) is 19.5. The van der Waals surface area contributed by atoms with E-state index in [4.69, 9.17) is 26.1 Å². The van der Waals surface area contributed by atoms with E-state index in [1.165, 1.54) is 0 Å². The fraction of sp³-hybridized carbons (Fsp3) is 0.240. The van der Waals surface area contributed by atoms with Gasteiger partial charge >= 0.3 is 5.97 Å². The Morgan fingerprint density at radius 2 is 1.91 bits per heavy atom. The van der Waals surface area contributed by atoms with Crippen LogP contribution in [0.5, 0.6) is 5.75 Å². The first-order chi connectivity index (χ1) is 16.0. The molecular formula is C25H25ClN4O3. The van der Waals surface area contributed by atoms with Crippen molar-refractivity contribution < 1.29 is 14.3 Å². The lowest BCUT2D eigenvalue weighted by atomic mass is 10.1. The summed E-state index contributed by atoms with van der Waals surface area (Å²) in [5.41, 5.74) is 4.17. The summed E-state index contributed by atoms with van der Waals surface area (Å²) >= 11 is 5.98. The van der Waals surface area contributed by atoms with E-state index in [0.717, 1.165) is 34.3 Å². The fourth-order valence-corrected chi connectivity index (χ4v) is 3.73. The lowest BCUT2D eigenvalue weighted by molar-refractivity contribution is 0.0527. The summed E-state index contributed by atoms with van der Waals surface area (Å²) in [5, 5.41) is 3.93. The summed E-state index contributed by atoms with van der Waals surface area (Å²) in [4.78, 5) is 21.8. The number of fused-ring (bicyclic) bond motifs is 1. The Morgan fingerprint density at radius 1 is 1.12 bits per heavy atom. The Kier molecular flexibility index (Phi) is 6.79. The fourth-order valence-electron chi connectivity index (χ4n) is 3.61. The number of hydrogen-bond donors (Lipinski definition) is 1. The van der Waals surface area contributed by atoms with Crippen molar-refractivity contribution in [2.24, 2.45) is 0 Å². The van der Waals surface area contributed by atoms with Crippen molar-refractivity contribution in [1.29, 1.82) is 0 Å². The van der Waals surface area contributed by atoms with Crippen LogP contribution in [0, 0.1) is 0 Å². The van der Waals surface area contributed by atoms with Gasteiger partial charge in [-0.25, -0.2) is 14.8 Å². The van der Waals surface area contributed by atoms with Gasteiger partial charge in [0.2, 0.25) is 0 Å². The number of carbonyl (C=O) groups excluding carboxylic acids is 1. The Balaban J connectivity index is 1.74. The van der Waals surface area contributed by atoms with Crippen molar-refractivity contribution in [3.63, 3.8) is 0 Å². The molecule has 8 heteroatoms. The summed E-state index contributed by atoms with van der Waals surface area (Å²) in [6.07, 6.45) is 2.57. The highest BCUT2D eigenvalue weighted by Gasteiger charge is 2.17. The van der Waals surface area contributed by atoms with Gasteiger partial charge in [0.1, 0.15) is 29.3 Å². The highest BCUT2D eigenvalue weighted by Crippen LogP contribution is 2.28. The third-order valence-corrected chi connectivity index (χ3v) is 5.58. The lowest BCUT2D eigenvalue weighted by Crippen LogP contribution is -2.13. The molecule has 0 amide bonds. The molecule has 2 heterocycles. The molecule has 0 saturated heterocycles. The van der Waals surface area contributed by atoms with Crippen LogP contribution < -0.4 is 10.1 Å². The molecule has 7 nitrogen and oxygen atoms in total. The van der Waals surface area contributed by atoms with Gasteiger partial charge in [-0.05, 0) is 54.8 Å². The maximum Gasteiger partial charge on any atom is 0.341 e. The van der Waals surface area contributed by atoms with E-state index >= 15 is 0 Å². The van der Waals surface area contributed by atoms with Crippen molar-refractivity contribution in [3.8, 4) is 11.6 Å². The molecular weight excluding hydrogens is 440 g/mol. The van der Waals surface area contributed by atoms with E-state index in [9.17, 15) is 4.79 Å². The zero-order valence-electron chi connectivity index (χ0n) is 18.8. The number of esters is 1. The molecule has 0 atom stereocenters. The van der Waals surface area contributed by atoms with E-state index in [-0.39, 0.29) is 6.61 Å². The Bertz CT molecular complexity index is 1290. The number of anilines is 1. The van der Waals surface area contributed by atoms with Gasteiger partial charge < -0.3 is 14.8 Å². The number of halogens is 1.